The number of esters is 1. The number of carbonyl (C=O) groups is 1. The van der Waals surface area contributed by atoms with Crippen molar-refractivity contribution in [3.05, 3.63) is 63.2 Å². The Kier molecular flexibility index (Phi) is 4.52. The lowest BCUT2D eigenvalue weighted by molar-refractivity contribution is -0.146. The molecule has 1 saturated carbocycles. The first-order chi connectivity index (χ1) is 13.5. The maximum absolute atomic E-state index is 12.8. The van der Waals surface area contributed by atoms with Crippen molar-refractivity contribution in [1.82, 2.24) is 19.1 Å². The minimum absolute atomic E-state index is 0.00486. The van der Waals surface area contributed by atoms with Crippen LogP contribution in [-0.2, 0) is 23.0 Å². The lowest BCUT2D eigenvalue weighted by atomic mass is 10.1. The fourth-order valence-corrected chi connectivity index (χ4v) is 2.94. The van der Waals surface area contributed by atoms with E-state index < -0.39 is 23.3 Å². The van der Waals surface area contributed by atoms with Crippen LogP contribution in [0.25, 0.3) is 16.7 Å². The molecule has 9 nitrogen and oxygen atoms in total. The van der Waals surface area contributed by atoms with Gasteiger partial charge < -0.3 is 10.5 Å². The van der Waals surface area contributed by atoms with E-state index in [1.165, 1.54) is 23.2 Å². The average molecular weight is 381 g/mol. The van der Waals surface area contributed by atoms with E-state index in [1.807, 2.05) is 0 Å². The highest BCUT2D eigenvalue weighted by molar-refractivity contribution is 5.77. The molecule has 0 unspecified atom stereocenters. The number of pyridine rings is 2. The molecule has 2 N–H and O–H groups in total. The number of hydrogen-bond acceptors (Lipinski definition) is 7. The van der Waals surface area contributed by atoms with Gasteiger partial charge in [-0.3, -0.25) is 19.1 Å². The Morgan fingerprint density at radius 1 is 1.29 bits per heavy atom. The summed E-state index contributed by atoms with van der Waals surface area (Å²) in [6.45, 7) is 0. The van der Waals surface area contributed by atoms with Crippen LogP contribution in [0.4, 0.5) is 0 Å². The second-order valence-corrected chi connectivity index (χ2v) is 6.85. The number of hydrogen-bond donors (Lipinski definition) is 1. The Hall–Kier alpha value is -3.33. The maximum atomic E-state index is 12.8. The van der Waals surface area contributed by atoms with E-state index >= 15 is 0 Å². The molecule has 1 aliphatic carbocycles. The number of aromatic nitrogens is 4. The van der Waals surface area contributed by atoms with Gasteiger partial charge in [0.05, 0.1) is 17.1 Å². The molecule has 3 heterocycles. The van der Waals surface area contributed by atoms with Gasteiger partial charge in [0.1, 0.15) is 18.0 Å². The van der Waals surface area contributed by atoms with Gasteiger partial charge in [-0.2, -0.15) is 0 Å². The van der Waals surface area contributed by atoms with Crippen molar-refractivity contribution in [2.45, 2.75) is 31.4 Å². The van der Waals surface area contributed by atoms with Gasteiger partial charge in [0.25, 0.3) is 5.56 Å². The van der Waals surface area contributed by atoms with Crippen molar-refractivity contribution < 1.29 is 9.53 Å². The standard InChI is InChI=1S/C19H19N5O4/c1-23-15-10-21-7-6-13(15)17(25)24(19(23)27)16-5-2-11(9-22-16)8-14(20)18(26)28-12-3-4-12/h2,5-7,9-10,12,14H,3-4,8,20H2,1H3/t14-/m0/s1. The number of rotatable bonds is 5. The molecule has 9 heteroatoms. The summed E-state index contributed by atoms with van der Waals surface area (Å²) in [5.74, 6) is -0.234. The van der Waals surface area contributed by atoms with Gasteiger partial charge in [-0.1, -0.05) is 6.07 Å². The van der Waals surface area contributed by atoms with Crippen molar-refractivity contribution in [2.75, 3.05) is 0 Å². The first-order valence-corrected chi connectivity index (χ1v) is 8.93. The molecule has 0 spiro atoms. The summed E-state index contributed by atoms with van der Waals surface area (Å²) in [6, 6.07) is 4.03. The van der Waals surface area contributed by atoms with Crippen molar-refractivity contribution in [3.8, 4) is 5.82 Å². The highest BCUT2D eigenvalue weighted by Crippen LogP contribution is 2.24. The zero-order valence-corrected chi connectivity index (χ0v) is 15.2. The summed E-state index contributed by atoms with van der Waals surface area (Å²) in [7, 11) is 1.57. The average Bonchev–Trinajstić information content (AvgIpc) is 3.51. The van der Waals surface area contributed by atoms with Crippen LogP contribution in [0.15, 0.2) is 46.4 Å². The molecular weight excluding hydrogens is 362 g/mol. The molecule has 1 fully saturated rings. The molecule has 4 rings (SSSR count). The second kappa shape index (κ2) is 7.01. The normalized spacial score (nSPS) is 14.8. The van der Waals surface area contributed by atoms with E-state index in [9.17, 15) is 14.4 Å². The highest BCUT2D eigenvalue weighted by atomic mass is 16.5. The van der Waals surface area contributed by atoms with Crippen molar-refractivity contribution in [3.63, 3.8) is 0 Å². The minimum Gasteiger partial charge on any atom is -0.461 e. The van der Waals surface area contributed by atoms with Crippen LogP contribution in [0.3, 0.4) is 0 Å². The van der Waals surface area contributed by atoms with E-state index in [4.69, 9.17) is 10.5 Å². The summed E-state index contributed by atoms with van der Waals surface area (Å²) in [4.78, 5) is 45.5. The Labute approximate surface area is 159 Å². The minimum atomic E-state index is -0.781. The summed E-state index contributed by atoms with van der Waals surface area (Å²) >= 11 is 0. The Morgan fingerprint density at radius 3 is 2.75 bits per heavy atom. The number of ether oxygens (including phenoxy) is 1. The molecule has 0 aliphatic heterocycles. The van der Waals surface area contributed by atoms with Crippen molar-refractivity contribution in [1.29, 1.82) is 0 Å². The molecule has 3 aromatic heterocycles. The van der Waals surface area contributed by atoms with E-state index in [-0.39, 0.29) is 18.3 Å². The van der Waals surface area contributed by atoms with Gasteiger partial charge >= 0.3 is 11.7 Å². The van der Waals surface area contributed by atoms with Gasteiger partial charge in [-0.05, 0) is 37.0 Å². The fraction of sp³-hybridized carbons (Fsp3) is 0.316. The molecule has 144 valence electrons. The van der Waals surface area contributed by atoms with Crippen LogP contribution in [0, 0.1) is 0 Å². The number of aryl methyl sites for hydroxylation is 1. The van der Waals surface area contributed by atoms with Crippen molar-refractivity contribution >= 4 is 16.9 Å². The monoisotopic (exact) mass is 381 g/mol. The molecule has 28 heavy (non-hydrogen) atoms. The van der Waals surface area contributed by atoms with Gasteiger partial charge in [0.15, 0.2) is 0 Å². The molecule has 0 aromatic carbocycles. The lowest BCUT2D eigenvalue weighted by Crippen LogP contribution is -2.38. The first-order valence-electron chi connectivity index (χ1n) is 8.93. The van der Waals surface area contributed by atoms with E-state index in [0.29, 0.717) is 16.5 Å². The van der Waals surface area contributed by atoms with Gasteiger partial charge in [0, 0.05) is 19.4 Å². The molecule has 1 atom stereocenters. The van der Waals surface area contributed by atoms with Crippen LogP contribution in [-0.4, -0.2) is 37.2 Å². The quantitative estimate of drug-likeness (QED) is 0.620. The summed E-state index contributed by atoms with van der Waals surface area (Å²) in [5, 5.41) is 0.368. The second-order valence-electron chi connectivity index (χ2n) is 6.85. The smallest absolute Gasteiger partial charge is 0.337 e. The molecule has 0 bridgehead atoms. The topological polar surface area (TPSA) is 122 Å². The predicted octanol–water partition coefficient (Wildman–Crippen LogP) is 0.0548. The van der Waals surface area contributed by atoms with Crippen LogP contribution in [0.2, 0.25) is 0 Å². The van der Waals surface area contributed by atoms with Crippen LogP contribution in [0.1, 0.15) is 18.4 Å². The van der Waals surface area contributed by atoms with Gasteiger partial charge in [-0.15, -0.1) is 0 Å². The largest absolute Gasteiger partial charge is 0.461 e. The SMILES string of the molecule is Cn1c(=O)n(-c2ccc(C[C@H](N)C(=O)OC3CC3)cn2)c(=O)c2ccncc21. The summed E-state index contributed by atoms with van der Waals surface area (Å²) < 4.78 is 7.55. The Bertz CT molecular complexity index is 1160. The maximum Gasteiger partial charge on any atom is 0.337 e. The zero-order valence-electron chi connectivity index (χ0n) is 15.2. The lowest BCUT2D eigenvalue weighted by Gasteiger charge is -2.12. The van der Waals surface area contributed by atoms with Crippen LogP contribution in [0.5, 0.6) is 0 Å². The molecular formula is C19H19N5O4. The van der Waals surface area contributed by atoms with Gasteiger partial charge in [0.2, 0.25) is 0 Å². The number of fused-ring (bicyclic) bond motifs is 1. The third kappa shape index (κ3) is 3.31. The third-order valence-electron chi connectivity index (χ3n) is 4.68. The summed E-state index contributed by atoms with van der Waals surface area (Å²) in [6.07, 6.45) is 6.51. The number of nitrogens with zero attached hydrogens (tertiary/aromatic N) is 4. The zero-order chi connectivity index (χ0) is 19.8. The Morgan fingerprint density at radius 2 is 2.07 bits per heavy atom. The number of nitrogens with two attached hydrogens (primary N) is 1. The fourth-order valence-electron chi connectivity index (χ4n) is 2.94. The molecule has 0 amide bonds. The molecule has 3 aromatic rings. The van der Waals surface area contributed by atoms with Crippen LogP contribution >= 0.6 is 0 Å². The number of carbonyl (C=O) groups excluding carboxylic acids is 1. The summed E-state index contributed by atoms with van der Waals surface area (Å²) in [5.41, 5.74) is 6.06. The first kappa shape index (κ1) is 18.1. The van der Waals surface area contributed by atoms with Crippen LogP contribution < -0.4 is 17.0 Å². The third-order valence-corrected chi connectivity index (χ3v) is 4.68. The Balaban J connectivity index is 1.63. The van der Waals surface area contributed by atoms with E-state index in [1.54, 1.807) is 25.2 Å². The van der Waals surface area contributed by atoms with E-state index in [2.05, 4.69) is 9.97 Å². The van der Waals surface area contributed by atoms with E-state index in [0.717, 1.165) is 17.4 Å². The predicted molar refractivity (Wildman–Crippen MR) is 101 cm³/mol. The highest BCUT2D eigenvalue weighted by Gasteiger charge is 2.28. The molecule has 0 saturated heterocycles. The molecule has 1 aliphatic rings. The van der Waals surface area contributed by atoms with Gasteiger partial charge in [-0.25, -0.2) is 14.3 Å². The van der Waals surface area contributed by atoms with Crippen molar-refractivity contribution in [2.24, 2.45) is 12.8 Å². The molecule has 0 radical (unpaired) electrons.